The first-order valence-electron chi connectivity index (χ1n) is 9.69. The van der Waals surface area contributed by atoms with Gasteiger partial charge < -0.3 is 19.5 Å². The fourth-order valence-corrected chi connectivity index (χ4v) is 3.39. The van der Waals surface area contributed by atoms with Gasteiger partial charge in [0, 0.05) is 44.5 Å². The number of nitrogens with zero attached hydrogens (tertiary/aromatic N) is 2. The molecule has 1 aliphatic heterocycles. The van der Waals surface area contributed by atoms with Gasteiger partial charge in [0.25, 0.3) is 0 Å². The fourth-order valence-electron chi connectivity index (χ4n) is 3.39. The highest BCUT2D eigenvalue weighted by Gasteiger charge is 2.17. The van der Waals surface area contributed by atoms with Crippen LogP contribution < -0.4 is 14.4 Å². The van der Waals surface area contributed by atoms with Gasteiger partial charge in [-0.1, -0.05) is 18.2 Å². The van der Waals surface area contributed by atoms with E-state index in [4.69, 9.17) is 14.6 Å². The second-order valence-corrected chi connectivity index (χ2v) is 6.95. The quantitative estimate of drug-likeness (QED) is 0.671. The van der Waals surface area contributed by atoms with Gasteiger partial charge in [0.1, 0.15) is 11.5 Å². The summed E-state index contributed by atoms with van der Waals surface area (Å²) in [6.07, 6.45) is 1.01. The Kier molecular flexibility index (Phi) is 7.14. The highest BCUT2D eigenvalue weighted by Crippen LogP contribution is 2.22. The summed E-state index contributed by atoms with van der Waals surface area (Å²) >= 11 is 0. The number of hydrogen-bond acceptors (Lipinski definition) is 5. The van der Waals surface area contributed by atoms with Crippen LogP contribution in [0, 0.1) is 0 Å². The first kappa shape index (κ1) is 20.0. The second-order valence-electron chi connectivity index (χ2n) is 6.95. The van der Waals surface area contributed by atoms with Gasteiger partial charge in [-0.25, -0.2) is 0 Å². The highest BCUT2D eigenvalue weighted by atomic mass is 16.5. The summed E-state index contributed by atoms with van der Waals surface area (Å²) in [6, 6.07) is 15.5. The smallest absolute Gasteiger partial charge is 0.307 e. The van der Waals surface area contributed by atoms with Gasteiger partial charge in [0.05, 0.1) is 20.1 Å². The Morgan fingerprint density at radius 1 is 1.04 bits per heavy atom. The first-order chi connectivity index (χ1) is 13.6. The van der Waals surface area contributed by atoms with Crippen LogP contribution in [-0.4, -0.2) is 62.4 Å². The molecule has 1 saturated heterocycles. The third kappa shape index (κ3) is 5.89. The number of rotatable bonds is 9. The van der Waals surface area contributed by atoms with Crippen molar-refractivity contribution in [1.82, 2.24) is 4.90 Å². The largest absolute Gasteiger partial charge is 0.497 e. The number of piperazine rings is 1. The van der Waals surface area contributed by atoms with E-state index >= 15 is 0 Å². The van der Waals surface area contributed by atoms with E-state index in [9.17, 15) is 4.79 Å². The summed E-state index contributed by atoms with van der Waals surface area (Å²) in [5, 5.41) is 8.79. The van der Waals surface area contributed by atoms with E-state index < -0.39 is 5.97 Å². The number of carboxylic acid groups (broad SMARTS) is 1. The number of aliphatic carboxylic acids is 1. The lowest BCUT2D eigenvalue weighted by atomic mass is 10.1. The molecule has 6 heteroatoms. The Bertz CT molecular complexity index is 755. The van der Waals surface area contributed by atoms with Crippen LogP contribution in [0.5, 0.6) is 11.5 Å². The lowest BCUT2D eigenvalue weighted by molar-refractivity contribution is -0.136. The van der Waals surface area contributed by atoms with Crippen molar-refractivity contribution in [3.63, 3.8) is 0 Å². The summed E-state index contributed by atoms with van der Waals surface area (Å²) in [7, 11) is 1.70. The summed E-state index contributed by atoms with van der Waals surface area (Å²) in [4.78, 5) is 15.6. The van der Waals surface area contributed by atoms with E-state index in [1.807, 2.05) is 24.3 Å². The first-order valence-corrected chi connectivity index (χ1v) is 9.69. The minimum Gasteiger partial charge on any atom is -0.497 e. The van der Waals surface area contributed by atoms with Gasteiger partial charge in [0.2, 0.25) is 0 Å². The van der Waals surface area contributed by atoms with Gasteiger partial charge in [-0.15, -0.1) is 0 Å². The maximum absolute atomic E-state index is 10.7. The van der Waals surface area contributed by atoms with Gasteiger partial charge in [0.15, 0.2) is 0 Å². The molecular weight excluding hydrogens is 356 g/mol. The van der Waals surface area contributed by atoms with E-state index in [0.717, 1.165) is 56.2 Å². The van der Waals surface area contributed by atoms with Gasteiger partial charge in [-0.3, -0.25) is 9.69 Å². The molecule has 6 nitrogen and oxygen atoms in total. The minimum atomic E-state index is -0.819. The molecule has 0 radical (unpaired) electrons. The number of ether oxygens (including phenoxy) is 2. The zero-order valence-electron chi connectivity index (χ0n) is 16.3. The molecule has 2 aromatic rings. The van der Waals surface area contributed by atoms with Gasteiger partial charge in [-0.05, 0) is 36.2 Å². The van der Waals surface area contributed by atoms with Crippen molar-refractivity contribution >= 4 is 11.7 Å². The third-order valence-electron chi connectivity index (χ3n) is 4.96. The second kappa shape index (κ2) is 9.99. The summed E-state index contributed by atoms with van der Waals surface area (Å²) < 4.78 is 11.1. The average molecular weight is 384 g/mol. The SMILES string of the molecule is COc1cccc(N2CCN(CCCOc3ccc(CC(=O)O)cc3)CC2)c1. The number of carboxylic acids is 1. The Morgan fingerprint density at radius 3 is 2.46 bits per heavy atom. The Labute approximate surface area is 166 Å². The van der Waals surface area contributed by atoms with Crippen molar-refractivity contribution in [2.45, 2.75) is 12.8 Å². The standard InChI is InChI=1S/C22H28N2O4/c1-27-21-5-2-4-19(17-21)24-13-11-23(12-14-24)10-3-15-28-20-8-6-18(7-9-20)16-22(25)26/h2,4-9,17H,3,10-16H2,1H3,(H,25,26). The zero-order valence-corrected chi connectivity index (χ0v) is 16.3. The van der Waals surface area contributed by atoms with Crippen LogP contribution >= 0.6 is 0 Å². The summed E-state index contributed by atoms with van der Waals surface area (Å²) in [5.74, 6) is 0.866. The van der Waals surface area contributed by atoms with Crippen molar-refractivity contribution in [3.8, 4) is 11.5 Å². The van der Waals surface area contributed by atoms with Crippen LogP contribution in [0.3, 0.4) is 0 Å². The predicted octanol–water partition coefficient (Wildman–Crippen LogP) is 2.91. The van der Waals surface area contributed by atoms with Gasteiger partial charge in [-0.2, -0.15) is 0 Å². The van der Waals surface area contributed by atoms with Crippen LogP contribution in [0.1, 0.15) is 12.0 Å². The molecule has 1 fully saturated rings. The number of hydrogen-bond donors (Lipinski definition) is 1. The maximum atomic E-state index is 10.7. The van der Waals surface area contributed by atoms with Crippen molar-refractivity contribution < 1.29 is 19.4 Å². The Morgan fingerprint density at radius 2 is 1.79 bits per heavy atom. The van der Waals surface area contributed by atoms with Crippen LogP contribution in [-0.2, 0) is 11.2 Å². The topological polar surface area (TPSA) is 62.2 Å². The Hall–Kier alpha value is -2.73. The molecule has 0 amide bonds. The molecule has 3 rings (SSSR count). The minimum absolute atomic E-state index is 0.0437. The molecule has 150 valence electrons. The zero-order chi connectivity index (χ0) is 19.8. The molecule has 0 saturated carbocycles. The van der Waals surface area contributed by atoms with E-state index in [2.05, 4.69) is 21.9 Å². The van der Waals surface area contributed by atoms with Crippen LogP contribution in [0.4, 0.5) is 5.69 Å². The highest BCUT2D eigenvalue weighted by molar-refractivity contribution is 5.70. The predicted molar refractivity (Wildman–Crippen MR) is 110 cm³/mol. The lowest BCUT2D eigenvalue weighted by Gasteiger charge is -2.36. The van der Waals surface area contributed by atoms with Crippen LogP contribution in [0.15, 0.2) is 48.5 Å². The maximum Gasteiger partial charge on any atom is 0.307 e. The monoisotopic (exact) mass is 384 g/mol. The summed E-state index contributed by atoms with van der Waals surface area (Å²) in [5.41, 5.74) is 2.00. The van der Waals surface area contributed by atoms with Crippen molar-refractivity contribution in [1.29, 1.82) is 0 Å². The Balaban J connectivity index is 1.35. The van der Waals surface area contributed by atoms with E-state index in [1.165, 1.54) is 5.69 Å². The third-order valence-corrected chi connectivity index (χ3v) is 4.96. The molecule has 0 atom stereocenters. The van der Waals surface area contributed by atoms with Crippen molar-refractivity contribution in [3.05, 3.63) is 54.1 Å². The molecule has 0 aliphatic carbocycles. The number of methoxy groups -OCH3 is 1. The molecule has 0 spiro atoms. The number of anilines is 1. The lowest BCUT2D eigenvalue weighted by Crippen LogP contribution is -2.46. The molecule has 1 heterocycles. The van der Waals surface area contributed by atoms with E-state index in [1.54, 1.807) is 19.2 Å². The molecule has 1 aliphatic rings. The molecular formula is C22H28N2O4. The van der Waals surface area contributed by atoms with Crippen molar-refractivity contribution in [2.75, 3.05) is 51.3 Å². The molecule has 0 unspecified atom stereocenters. The van der Waals surface area contributed by atoms with E-state index in [-0.39, 0.29) is 6.42 Å². The summed E-state index contributed by atoms with van der Waals surface area (Å²) in [6.45, 7) is 5.79. The van der Waals surface area contributed by atoms with Crippen LogP contribution in [0.2, 0.25) is 0 Å². The molecule has 0 bridgehead atoms. The van der Waals surface area contributed by atoms with Gasteiger partial charge >= 0.3 is 5.97 Å². The molecule has 28 heavy (non-hydrogen) atoms. The average Bonchev–Trinajstić information content (AvgIpc) is 2.72. The fraction of sp³-hybridized carbons (Fsp3) is 0.409. The molecule has 0 aromatic heterocycles. The van der Waals surface area contributed by atoms with E-state index in [0.29, 0.717) is 6.61 Å². The number of benzene rings is 2. The molecule has 2 aromatic carbocycles. The number of carbonyl (C=O) groups is 1. The van der Waals surface area contributed by atoms with Crippen molar-refractivity contribution in [2.24, 2.45) is 0 Å². The van der Waals surface area contributed by atoms with Crippen LogP contribution in [0.25, 0.3) is 0 Å². The molecule has 1 N–H and O–H groups in total. The normalized spacial score (nSPS) is 14.7.